The van der Waals surface area contributed by atoms with Crippen molar-refractivity contribution in [3.05, 3.63) is 24.3 Å². The Kier molecular flexibility index (Phi) is 9.09. The highest BCUT2D eigenvalue weighted by atomic mass is 127. The van der Waals surface area contributed by atoms with Crippen LogP contribution in [0.15, 0.2) is 24.3 Å². The molecule has 0 spiro atoms. The molecule has 1 heterocycles. The topological polar surface area (TPSA) is 6.48 Å². The van der Waals surface area contributed by atoms with Gasteiger partial charge in [-0.05, 0) is 12.1 Å². The Morgan fingerprint density at radius 3 is 1.57 bits per heavy atom. The van der Waals surface area contributed by atoms with Crippen molar-refractivity contribution in [2.75, 3.05) is 30.6 Å². The molecule has 0 bridgehead atoms. The van der Waals surface area contributed by atoms with Gasteiger partial charge in [0, 0.05) is 14.1 Å². The second kappa shape index (κ2) is 7.31. The van der Waals surface area contributed by atoms with Gasteiger partial charge in [0.05, 0.1) is 18.0 Å². The lowest BCUT2D eigenvalue weighted by Gasteiger charge is -2.11. The van der Waals surface area contributed by atoms with E-state index in [1.165, 1.54) is 11.4 Å². The molecule has 0 aromatic heterocycles. The molecule has 1 aliphatic heterocycles. The van der Waals surface area contributed by atoms with Crippen LogP contribution in [0.25, 0.3) is 0 Å². The summed E-state index contributed by atoms with van der Waals surface area (Å²) in [6, 6.07) is 8.46. The molecule has 5 heteroatoms. The van der Waals surface area contributed by atoms with Gasteiger partial charge in [-0.25, -0.2) is 0 Å². The van der Waals surface area contributed by atoms with Crippen LogP contribution in [0.2, 0.25) is 0 Å². The summed E-state index contributed by atoms with van der Waals surface area (Å²) in [6.07, 6.45) is 0. The first-order chi connectivity index (χ1) is 5.29. The first kappa shape index (κ1) is 17.4. The average Bonchev–Trinajstić information content (AvgIpc) is 2.30. The molecule has 0 amide bonds. The lowest BCUT2D eigenvalue weighted by Crippen LogP contribution is -2.23. The molecule has 1 aromatic rings. The van der Waals surface area contributed by atoms with Gasteiger partial charge in [0.2, 0.25) is 0 Å². The van der Waals surface area contributed by atoms with Crippen LogP contribution in [0.5, 0.6) is 0 Å². The van der Waals surface area contributed by atoms with Crippen molar-refractivity contribution >= 4 is 83.3 Å². The molecule has 2 rings (SSSR count). The van der Waals surface area contributed by atoms with Gasteiger partial charge in [-0.2, -0.15) is 0 Å². The molecule has 0 aliphatic carbocycles. The van der Waals surface area contributed by atoms with Crippen LogP contribution >= 0.6 is 71.9 Å². The second-order valence-electron chi connectivity index (χ2n) is 3.03. The van der Waals surface area contributed by atoms with Gasteiger partial charge in [0.1, 0.15) is 0 Å². The molecular formula is C9H15I3N2. The van der Waals surface area contributed by atoms with E-state index in [2.05, 4.69) is 48.2 Å². The lowest BCUT2D eigenvalue weighted by atomic mass is 10.3. The standard InChI is InChI=1S/C9H12N2.3HI/c1-10-7-11(2)9-6-4-3-5-8(9)10;;;/h3-6H,7H2,1-2H3;3*1H. The number of fused-ring (bicyclic) bond motifs is 1. The number of anilines is 2. The van der Waals surface area contributed by atoms with Gasteiger partial charge in [-0.15, -0.1) is 71.9 Å². The van der Waals surface area contributed by atoms with E-state index in [-0.39, 0.29) is 71.9 Å². The molecule has 0 unspecified atom stereocenters. The predicted octanol–water partition coefficient (Wildman–Crippen LogP) is 3.38. The first-order valence-electron chi connectivity index (χ1n) is 3.80. The predicted molar refractivity (Wildman–Crippen MR) is 94.4 cm³/mol. The van der Waals surface area contributed by atoms with Gasteiger partial charge in [-0.1, -0.05) is 12.1 Å². The Labute approximate surface area is 136 Å². The van der Waals surface area contributed by atoms with Gasteiger partial charge in [0.25, 0.3) is 0 Å². The van der Waals surface area contributed by atoms with Crippen molar-refractivity contribution in [3.8, 4) is 0 Å². The van der Waals surface area contributed by atoms with E-state index in [0.29, 0.717) is 0 Å². The van der Waals surface area contributed by atoms with E-state index in [1.54, 1.807) is 0 Å². The Morgan fingerprint density at radius 1 is 0.857 bits per heavy atom. The van der Waals surface area contributed by atoms with Crippen LogP contribution < -0.4 is 9.80 Å². The Morgan fingerprint density at radius 2 is 1.21 bits per heavy atom. The van der Waals surface area contributed by atoms with Gasteiger partial charge in [-0.3, -0.25) is 0 Å². The van der Waals surface area contributed by atoms with Gasteiger partial charge in [0.15, 0.2) is 0 Å². The Bertz CT molecular complexity index is 254. The molecular weight excluding hydrogens is 517 g/mol. The molecule has 0 atom stereocenters. The molecule has 0 radical (unpaired) electrons. The van der Waals surface area contributed by atoms with Crippen LogP contribution in [-0.4, -0.2) is 20.8 Å². The molecule has 82 valence electrons. The summed E-state index contributed by atoms with van der Waals surface area (Å²) >= 11 is 0. The van der Waals surface area contributed by atoms with Crippen molar-refractivity contribution < 1.29 is 0 Å². The summed E-state index contributed by atoms with van der Waals surface area (Å²) in [6.45, 7) is 0.999. The minimum absolute atomic E-state index is 0. The summed E-state index contributed by atoms with van der Waals surface area (Å²) in [4.78, 5) is 4.49. The molecule has 0 fully saturated rings. The minimum Gasteiger partial charge on any atom is -0.355 e. The highest BCUT2D eigenvalue weighted by molar-refractivity contribution is 14.0. The lowest BCUT2D eigenvalue weighted by molar-refractivity contribution is 0.916. The number of para-hydroxylation sites is 2. The quantitative estimate of drug-likeness (QED) is 0.474. The third kappa shape index (κ3) is 3.26. The van der Waals surface area contributed by atoms with Crippen molar-refractivity contribution in [2.24, 2.45) is 0 Å². The van der Waals surface area contributed by atoms with E-state index in [9.17, 15) is 0 Å². The number of nitrogens with zero attached hydrogens (tertiary/aromatic N) is 2. The number of benzene rings is 1. The number of rotatable bonds is 0. The van der Waals surface area contributed by atoms with E-state index < -0.39 is 0 Å². The summed E-state index contributed by atoms with van der Waals surface area (Å²) in [5.41, 5.74) is 2.66. The third-order valence-corrected chi connectivity index (χ3v) is 2.13. The molecule has 0 N–H and O–H groups in total. The molecule has 0 saturated carbocycles. The molecule has 0 saturated heterocycles. The van der Waals surface area contributed by atoms with Crippen LogP contribution in [-0.2, 0) is 0 Å². The third-order valence-electron chi connectivity index (χ3n) is 2.13. The maximum atomic E-state index is 2.25. The van der Waals surface area contributed by atoms with Crippen molar-refractivity contribution in [2.45, 2.75) is 0 Å². The zero-order valence-corrected chi connectivity index (χ0v) is 15.1. The highest BCUT2D eigenvalue weighted by Gasteiger charge is 2.18. The van der Waals surface area contributed by atoms with Crippen molar-refractivity contribution in [1.82, 2.24) is 0 Å². The fourth-order valence-electron chi connectivity index (χ4n) is 1.58. The van der Waals surface area contributed by atoms with Crippen molar-refractivity contribution in [1.29, 1.82) is 0 Å². The normalized spacial score (nSPS) is 12.1. The monoisotopic (exact) mass is 532 g/mol. The van der Waals surface area contributed by atoms with E-state index in [0.717, 1.165) is 6.67 Å². The number of hydrogen-bond donors (Lipinski definition) is 0. The Balaban J connectivity index is 0. The molecule has 1 aliphatic rings. The fraction of sp³-hybridized carbons (Fsp3) is 0.333. The second-order valence-corrected chi connectivity index (χ2v) is 3.03. The molecule has 1 aromatic carbocycles. The highest BCUT2D eigenvalue weighted by Crippen LogP contribution is 2.32. The Hall–Kier alpha value is 1.01. The summed E-state index contributed by atoms with van der Waals surface area (Å²) in [5.74, 6) is 0. The molecule has 2 nitrogen and oxygen atoms in total. The van der Waals surface area contributed by atoms with E-state index in [1.807, 2.05) is 0 Å². The molecule has 14 heavy (non-hydrogen) atoms. The fourth-order valence-corrected chi connectivity index (χ4v) is 1.58. The summed E-state index contributed by atoms with van der Waals surface area (Å²) in [5, 5.41) is 0. The average molecular weight is 532 g/mol. The zero-order chi connectivity index (χ0) is 7.84. The van der Waals surface area contributed by atoms with E-state index in [4.69, 9.17) is 0 Å². The van der Waals surface area contributed by atoms with Crippen LogP contribution in [0.4, 0.5) is 11.4 Å². The van der Waals surface area contributed by atoms with Gasteiger partial charge >= 0.3 is 0 Å². The van der Waals surface area contributed by atoms with Crippen molar-refractivity contribution in [3.63, 3.8) is 0 Å². The maximum Gasteiger partial charge on any atom is 0.0898 e. The van der Waals surface area contributed by atoms with Crippen LogP contribution in [0.3, 0.4) is 0 Å². The maximum absolute atomic E-state index is 2.25. The van der Waals surface area contributed by atoms with Gasteiger partial charge < -0.3 is 9.80 Å². The SMILES string of the molecule is CN1CN(C)c2ccccc21.I.I.I. The first-order valence-corrected chi connectivity index (χ1v) is 3.80. The number of hydrogen-bond acceptors (Lipinski definition) is 2. The zero-order valence-electron chi connectivity index (χ0n) is 8.14. The number of halogens is 3. The smallest absolute Gasteiger partial charge is 0.0898 e. The summed E-state index contributed by atoms with van der Waals surface area (Å²) < 4.78 is 0. The van der Waals surface area contributed by atoms with E-state index >= 15 is 0 Å². The van der Waals surface area contributed by atoms with Crippen LogP contribution in [0, 0.1) is 0 Å². The van der Waals surface area contributed by atoms with Crippen LogP contribution in [0.1, 0.15) is 0 Å². The minimum atomic E-state index is 0. The largest absolute Gasteiger partial charge is 0.355 e. The summed E-state index contributed by atoms with van der Waals surface area (Å²) in [7, 11) is 4.23.